The molecule has 0 fully saturated rings. The van der Waals surface area contributed by atoms with Crippen LogP contribution in [0.5, 0.6) is 0 Å². The first-order chi connectivity index (χ1) is 11.0. The third-order valence-electron chi connectivity index (χ3n) is 3.07. The number of rotatable bonds is 8. The van der Waals surface area contributed by atoms with Crippen LogP contribution in [0.15, 0.2) is 30.5 Å². The van der Waals surface area contributed by atoms with E-state index in [2.05, 4.69) is 5.32 Å². The number of benzene rings is 1. The molecule has 0 saturated carbocycles. The minimum absolute atomic E-state index is 0.00437. The van der Waals surface area contributed by atoms with Crippen molar-refractivity contribution in [2.24, 2.45) is 0 Å². The molecule has 1 aromatic carbocycles. The van der Waals surface area contributed by atoms with Crippen molar-refractivity contribution in [1.82, 2.24) is 9.88 Å². The Bertz CT molecular complexity index is 739. The summed E-state index contributed by atoms with van der Waals surface area (Å²) in [7, 11) is 0. The van der Waals surface area contributed by atoms with E-state index in [-0.39, 0.29) is 31.3 Å². The predicted molar refractivity (Wildman–Crippen MR) is 80.1 cm³/mol. The molecule has 0 atom stereocenters. The summed E-state index contributed by atoms with van der Waals surface area (Å²) in [6.45, 7) is -0.0371. The van der Waals surface area contributed by atoms with E-state index < -0.39 is 17.5 Å². The fourth-order valence-electron chi connectivity index (χ4n) is 2.07. The van der Waals surface area contributed by atoms with E-state index in [4.69, 9.17) is 9.84 Å². The Labute approximate surface area is 130 Å². The average Bonchev–Trinajstić information content (AvgIpc) is 2.88. The lowest BCUT2D eigenvalue weighted by molar-refractivity contribution is -0.384. The number of carboxylic acid groups (broad SMARTS) is 1. The van der Waals surface area contributed by atoms with Gasteiger partial charge < -0.3 is 19.7 Å². The highest BCUT2D eigenvalue weighted by atomic mass is 16.6. The van der Waals surface area contributed by atoms with E-state index in [1.807, 2.05) is 0 Å². The SMILES string of the molecule is O=C(O)COCCNC(=O)Cn1ccc2cc([N+](=O)[O-])ccc21. The largest absolute Gasteiger partial charge is 0.480 e. The first kappa shape index (κ1) is 16.4. The van der Waals surface area contributed by atoms with E-state index >= 15 is 0 Å². The zero-order chi connectivity index (χ0) is 16.8. The van der Waals surface area contributed by atoms with Crippen molar-refractivity contribution in [3.05, 3.63) is 40.6 Å². The van der Waals surface area contributed by atoms with Crippen LogP contribution in [-0.2, 0) is 20.9 Å². The Balaban J connectivity index is 1.90. The molecule has 9 heteroatoms. The summed E-state index contributed by atoms with van der Waals surface area (Å²) < 4.78 is 6.47. The van der Waals surface area contributed by atoms with Gasteiger partial charge in [-0.05, 0) is 12.1 Å². The number of fused-ring (bicyclic) bond motifs is 1. The molecule has 0 radical (unpaired) electrons. The Hall–Kier alpha value is -2.94. The number of aromatic nitrogens is 1. The number of carbonyl (C=O) groups is 2. The lowest BCUT2D eigenvalue weighted by Crippen LogP contribution is -2.30. The van der Waals surface area contributed by atoms with Crippen LogP contribution < -0.4 is 5.32 Å². The number of hydrogen-bond acceptors (Lipinski definition) is 5. The van der Waals surface area contributed by atoms with Crippen molar-refractivity contribution in [3.63, 3.8) is 0 Å². The molecule has 0 aliphatic heterocycles. The molecule has 122 valence electrons. The Kier molecular flexibility index (Phi) is 5.26. The topological polar surface area (TPSA) is 124 Å². The number of aliphatic carboxylic acids is 1. The van der Waals surface area contributed by atoms with E-state index in [9.17, 15) is 19.7 Å². The molecule has 9 nitrogen and oxygen atoms in total. The monoisotopic (exact) mass is 321 g/mol. The van der Waals surface area contributed by atoms with Crippen molar-refractivity contribution in [2.75, 3.05) is 19.8 Å². The van der Waals surface area contributed by atoms with Crippen LogP contribution in [0.2, 0.25) is 0 Å². The number of ether oxygens (including phenoxy) is 1. The number of nitro benzene ring substituents is 1. The molecule has 2 rings (SSSR count). The standard InChI is InChI=1S/C14H15N3O6/c18-13(15-4-6-23-9-14(19)20)8-16-5-3-10-7-11(17(21)22)1-2-12(10)16/h1-3,5,7H,4,6,8-9H2,(H,15,18)(H,19,20). The number of non-ortho nitro benzene ring substituents is 1. The zero-order valence-corrected chi connectivity index (χ0v) is 12.1. The fourth-order valence-corrected chi connectivity index (χ4v) is 2.07. The summed E-state index contributed by atoms with van der Waals surface area (Å²) in [5.41, 5.74) is 0.711. The molecule has 23 heavy (non-hydrogen) atoms. The Morgan fingerprint density at radius 2 is 2.13 bits per heavy atom. The van der Waals surface area contributed by atoms with Crippen LogP contribution in [0.25, 0.3) is 10.9 Å². The molecule has 0 saturated heterocycles. The van der Waals surface area contributed by atoms with Gasteiger partial charge in [0.05, 0.1) is 11.5 Å². The maximum absolute atomic E-state index is 11.8. The number of nitro groups is 1. The number of carbonyl (C=O) groups excluding carboxylic acids is 1. The van der Waals surface area contributed by atoms with Crippen LogP contribution in [-0.4, -0.2) is 46.2 Å². The third kappa shape index (κ3) is 4.51. The smallest absolute Gasteiger partial charge is 0.329 e. The van der Waals surface area contributed by atoms with Crippen molar-refractivity contribution in [3.8, 4) is 0 Å². The van der Waals surface area contributed by atoms with Gasteiger partial charge in [0.15, 0.2) is 0 Å². The van der Waals surface area contributed by atoms with Crippen LogP contribution in [0.4, 0.5) is 5.69 Å². The second-order valence-electron chi connectivity index (χ2n) is 4.74. The summed E-state index contributed by atoms with van der Waals surface area (Å²) >= 11 is 0. The molecule has 1 aromatic heterocycles. The second-order valence-corrected chi connectivity index (χ2v) is 4.74. The molecule has 1 heterocycles. The van der Waals surface area contributed by atoms with Gasteiger partial charge in [0.1, 0.15) is 13.2 Å². The van der Waals surface area contributed by atoms with Gasteiger partial charge in [-0.25, -0.2) is 4.79 Å². The number of amides is 1. The molecule has 0 aliphatic carbocycles. The molecule has 0 bridgehead atoms. The lowest BCUT2D eigenvalue weighted by atomic mass is 10.2. The van der Waals surface area contributed by atoms with Gasteiger partial charge in [0, 0.05) is 35.8 Å². The number of carboxylic acids is 1. The fraction of sp³-hybridized carbons (Fsp3) is 0.286. The average molecular weight is 321 g/mol. The van der Waals surface area contributed by atoms with Gasteiger partial charge in [-0.3, -0.25) is 14.9 Å². The van der Waals surface area contributed by atoms with Crippen LogP contribution in [0, 0.1) is 10.1 Å². The first-order valence-corrected chi connectivity index (χ1v) is 6.77. The molecule has 0 aliphatic rings. The highest BCUT2D eigenvalue weighted by Gasteiger charge is 2.10. The molecule has 1 amide bonds. The van der Waals surface area contributed by atoms with Gasteiger partial charge in [-0.15, -0.1) is 0 Å². The van der Waals surface area contributed by atoms with Gasteiger partial charge in [0.25, 0.3) is 5.69 Å². The van der Waals surface area contributed by atoms with E-state index in [0.29, 0.717) is 10.9 Å². The third-order valence-corrected chi connectivity index (χ3v) is 3.07. The summed E-state index contributed by atoms with van der Waals surface area (Å²) in [4.78, 5) is 32.3. The van der Waals surface area contributed by atoms with E-state index in [1.165, 1.54) is 12.1 Å². The maximum atomic E-state index is 11.8. The summed E-state index contributed by atoms with van der Waals surface area (Å²) in [6.07, 6.45) is 1.68. The number of nitrogens with zero attached hydrogens (tertiary/aromatic N) is 2. The summed E-state index contributed by atoms with van der Waals surface area (Å²) in [6, 6.07) is 6.13. The van der Waals surface area contributed by atoms with Crippen LogP contribution in [0.3, 0.4) is 0 Å². The number of nitrogens with one attached hydrogen (secondary N) is 1. The molecular formula is C14H15N3O6. The first-order valence-electron chi connectivity index (χ1n) is 6.77. The van der Waals surface area contributed by atoms with E-state index in [0.717, 1.165) is 0 Å². The second kappa shape index (κ2) is 7.36. The molecule has 2 aromatic rings. The van der Waals surface area contributed by atoms with Crippen LogP contribution in [0.1, 0.15) is 0 Å². The Morgan fingerprint density at radius 3 is 2.83 bits per heavy atom. The highest BCUT2D eigenvalue weighted by Crippen LogP contribution is 2.21. The quantitative estimate of drug-likeness (QED) is 0.420. The zero-order valence-electron chi connectivity index (χ0n) is 12.1. The summed E-state index contributed by atoms with van der Waals surface area (Å²) in [5.74, 6) is -1.33. The summed E-state index contributed by atoms with van der Waals surface area (Å²) in [5, 5.41) is 22.4. The maximum Gasteiger partial charge on any atom is 0.329 e. The minimum Gasteiger partial charge on any atom is -0.480 e. The van der Waals surface area contributed by atoms with Crippen molar-refractivity contribution >= 4 is 28.5 Å². The number of hydrogen-bond donors (Lipinski definition) is 2. The van der Waals surface area contributed by atoms with Gasteiger partial charge >= 0.3 is 5.97 Å². The lowest BCUT2D eigenvalue weighted by Gasteiger charge is -2.07. The van der Waals surface area contributed by atoms with Crippen LogP contribution >= 0.6 is 0 Å². The molecule has 0 unspecified atom stereocenters. The van der Waals surface area contributed by atoms with Gasteiger partial charge in [-0.1, -0.05) is 0 Å². The highest BCUT2D eigenvalue weighted by molar-refractivity contribution is 5.85. The normalized spacial score (nSPS) is 10.6. The van der Waals surface area contributed by atoms with Crippen molar-refractivity contribution in [1.29, 1.82) is 0 Å². The minimum atomic E-state index is -1.07. The van der Waals surface area contributed by atoms with Crippen molar-refractivity contribution in [2.45, 2.75) is 6.54 Å². The van der Waals surface area contributed by atoms with Gasteiger partial charge in [0.2, 0.25) is 5.91 Å². The molecular weight excluding hydrogens is 306 g/mol. The molecule has 0 spiro atoms. The Morgan fingerprint density at radius 1 is 1.35 bits per heavy atom. The van der Waals surface area contributed by atoms with E-state index in [1.54, 1.807) is 22.9 Å². The molecule has 2 N–H and O–H groups in total. The predicted octanol–water partition coefficient (Wildman–Crippen LogP) is 0.767. The van der Waals surface area contributed by atoms with Gasteiger partial charge in [-0.2, -0.15) is 0 Å². The van der Waals surface area contributed by atoms with Crippen molar-refractivity contribution < 1.29 is 24.4 Å².